The number of nitro benzene ring substituents is 1. The van der Waals surface area contributed by atoms with Crippen LogP contribution in [0.3, 0.4) is 0 Å². The molecule has 2 N–H and O–H groups in total. The van der Waals surface area contributed by atoms with E-state index in [1.807, 2.05) is 0 Å². The summed E-state index contributed by atoms with van der Waals surface area (Å²) in [7, 11) is 0. The Morgan fingerprint density at radius 2 is 2.28 bits per heavy atom. The van der Waals surface area contributed by atoms with Gasteiger partial charge in [-0.1, -0.05) is 11.6 Å². The lowest BCUT2D eigenvalue weighted by Gasteiger charge is -2.15. The first-order valence-electron chi connectivity index (χ1n) is 5.47. The molecular weight excluding hydrogens is 277 g/mol. The Hall–Kier alpha value is -0.880. The van der Waals surface area contributed by atoms with E-state index in [1.165, 1.54) is 6.07 Å². The summed E-state index contributed by atoms with van der Waals surface area (Å²) in [5.74, 6) is 0. The lowest BCUT2D eigenvalue weighted by atomic mass is 10.1. The van der Waals surface area contributed by atoms with Crippen molar-refractivity contribution in [2.75, 3.05) is 13.1 Å². The number of nitrogens with zero attached hydrogens (tertiary/aromatic N) is 2. The normalized spacial score (nSPS) is 19.6. The Morgan fingerprint density at radius 3 is 2.83 bits per heavy atom. The monoisotopic (exact) mass is 291 g/mol. The molecule has 0 bridgehead atoms. The Bertz CT molecular complexity index is 442. The fourth-order valence-electron chi connectivity index (χ4n) is 2.09. The number of benzene rings is 1. The van der Waals surface area contributed by atoms with E-state index in [4.69, 9.17) is 17.3 Å². The third-order valence-electron chi connectivity index (χ3n) is 2.95. The van der Waals surface area contributed by atoms with Gasteiger partial charge in [0.05, 0.1) is 4.92 Å². The number of rotatable bonds is 3. The number of hydrogen-bond donors (Lipinski definition) is 1. The van der Waals surface area contributed by atoms with Gasteiger partial charge < -0.3 is 5.73 Å². The van der Waals surface area contributed by atoms with Crippen molar-refractivity contribution in [2.24, 2.45) is 5.73 Å². The van der Waals surface area contributed by atoms with Gasteiger partial charge >= 0.3 is 0 Å². The topological polar surface area (TPSA) is 72.4 Å². The number of nitro groups is 1. The van der Waals surface area contributed by atoms with Crippen molar-refractivity contribution < 1.29 is 4.92 Å². The third-order valence-corrected chi connectivity index (χ3v) is 3.18. The van der Waals surface area contributed by atoms with Crippen molar-refractivity contribution in [1.29, 1.82) is 0 Å². The molecule has 1 fully saturated rings. The molecule has 0 aromatic heterocycles. The zero-order valence-electron chi connectivity index (χ0n) is 9.71. The van der Waals surface area contributed by atoms with Crippen molar-refractivity contribution in [1.82, 2.24) is 4.90 Å². The van der Waals surface area contributed by atoms with Gasteiger partial charge in [0, 0.05) is 42.3 Å². The highest BCUT2D eigenvalue weighted by Crippen LogP contribution is 2.25. The van der Waals surface area contributed by atoms with E-state index < -0.39 is 4.92 Å². The van der Waals surface area contributed by atoms with Gasteiger partial charge in [-0.05, 0) is 18.6 Å². The van der Waals surface area contributed by atoms with Gasteiger partial charge in [0.15, 0.2) is 0 Å². The lowest BCUT2D eigenvalue weighted by Crippen LogP contribution is -2.26. The van der Waals surface area contributed by atoms with Gasteiger partial charge in [0.2, 0.25) is 0 Å². The summed E-state index contributed by atoms with van der Waals surface area (Å²) >= 11 is 5.76. The summed E-state index contributed by atoms with van der Waals surface area (Å²) in [6.07, 6.45) is 0.946. The first-order valence-corrected chi connectivity index (χ1v) is 5.85. The Kier molecular flexibility index (Phi) is 5.34. The van der Waals surface area contributed by atoms with Crippen LogP contribution in [0, 0.1) is 10.1 Å². The predicted molar refractivity (Wildman–Crippen MR) is 73.2 cm³/mol. The van der Waals surface area contributed by atoms with Gasteiger partial charge in [-0.2, -0.15) is 0 Å². The Morgan fingerprint density at radius 1 is 1.56 bits per heavy atom. The van der Waals surface area contributed by atoms with Crippen LogP contribution in [-0.4, -0.2) is 29.0 Å². The van der Waals surface area contributed by atoms with E-state index >= 15 is 0 Å². The Labute approximate surface area is 116 Å². The van der Waals surface area contributed by atoms with Gasteiger partial charge in [-0.15, -0.1) is 12.4 Å². The molecule has 1 saturated heterocycles. The molecule has 1 atom stereocenters. The minimum Gasteiger partial charge on any atom is -0.326 e. The van der Waals surface area contributed by atoms with Gasteiger partial charge in [-0.3, -0.25) is 15.0 Å². The van der Waals surface area contributed by atoms with Gasteiger partial charge in [0.1, 0.15) is 0 Å². The van der Waals surface area contributed by atoms with Crippen molar-refractivity contribution in [3.8, 4) is 0 Å². The molecule has 100 valence electrons. The molecule has 1 aliphatic heterocycles. The maximum absolute atomic E-state index is 10.9. The second-order valence-corrected chi connectivity index (χ2v) is 4.75. The zero-order chi connectivity index (χ0) is 12.4. The maximum atomic E-state index is 10.9. The van der Waals surface area contributed by atoms with Crippen molar-refractivity contribution >= 4 is 29.7 Å². The molecule has 0 spiro atoms. The van der Waals surface area contributed by atoms with E-state index in [0.717, 1.165) is 19.5 Å². The molecule has 2 rings (SSSR count). The van der Waals surface area contributed by atoms with Crippen LogP contribution in [0.2, 0.25) is 5.02 Å². The molecule has 1 heterocycles. The summed E-state index contributed by atoms with van der Waals surface area (Å²) < 4.78 is 0. The molecule has 5 nitrogen and oxygen atoms in total. The molecule has 1 aliphatic rings. The van der Waals surface area contributed by atoms with Crippen molar-refractivity contribution in [3.05, 3.63) is 38.9 Å². The SMILES string of the molecule is Cl.N[C@@H]1CCN(Cc2ccc(Cl)cc2[N+](=O)[O-])C1. The molecule has 1 aromatic rings. The summed E-state index contributed by atoms with van der Waals surface area (Å²) in [5.41, 5.74) is 6.57. The van der Waals surface area contributed by atoms with E-state index in [9.17, 15) is 10.1 Å². The van der Waals surface area contributed by atoms with Crippen LogP contribution in [0.25, 0.3) is 0 Å². The van der Waals surface area contributed by atoms with Crippen LogP contribution in [-0.2, 0) is 6.54 Å². The number of likely N-dealkylation sites (tertiary alicyclic amines) is 1. The zero-order valence-corrected chi connectivity index (χ0v) is 11.3. The van der Waals surface area contributed by atoms with Crippen LogP contribution in [0.5, 0.6) is 0 Å². The number of hydrogen-bond acceptors (Lipinski definition) is 4. The third kappa shape index (κ3) is 3.55. The van der Waals surface area contributed by atoms with E-state index in [0.29, 0.717) is 17.1 Å². The first kappa shape index (κ1) is 15.2. The highest BCUT2D eigenvalue weighted by molar-refractivity contribution is 6.30. The molecule has 7 heteroatoms. The molecule has 0 saturated carbocycles. The van der Waals surface area contributed by atoms with Crippen LogP contribution in [0.4, 0.5) is 5.69 Å². The molecule has 18 heavy (non-hydrogen) atoms. The minimum absolute atomic E-state index is 0. The second kappa shape index (κ2) is 6.33. The molecule has 0 radical (unpaired) electrons. The summed E-state index contributed by atoms with van der Waals surface area (Å²) in [5, 5.41) is 11.3. The fourth-order valence-corrected chi connectivity index (χ4v) is 2.25. The summed E-state index contributed by atoms with van der Waals surface area (Å²) in [4.78, 5) is 12.7. The molecular formula is C11H15Cl2N3O2. The van der Waals surface area contributed by atoms with E-state index in [1.54, 1.807) is 12.1 Å². The van der Waals surface area contributed by atoms with Crippen molar-refractivity contribution in [2.45, 2.75) is 19.0 Å². The highest BCUT2D eigenvalue weighted by atomic mass is 35.5. The fraction of sp³-hybridized carbons (Fsp3) is 0.455. The number of halogens is 2. The van der Waals surface area contributed by atoms with Crippen LogP contribution in [0.1, 0.15) is 12.0 Å². The standard InChI is InChI=1S/C11H14ClN3O2.ClH/c12-9-2-1-8(11(5-9)15(16)17)6-14-4-3-10(13)7-14;/h1-2,5,10H,3-4,6-7,13H2;1H/t10-;/m1./s1. The second-order valence-electron chi connectivity index (χ2n) is 4.31. The van der Waals surface area contributed by atoms with Crippen molar-refractivity contribution in [3.63, 3.8) is 0 Å². The molecule has 1 aromatic carbocycles. The first-order chi connectivity index (χ1) is 8.06. The van der Waals surface area contributed by atoms with Crippen LogP contribution in [0.15, 0.2) is 18.2 Å². The van der Waals surface area contributed by atoms with E-state index in [-0.39, 0.29) is 24.1 Å². The predicted octanol–water partition coefficient (Wildman–Crippen LogP) is 2.20. The quantitative estimate of drug-likeness (QED) is 0.684. The molecule has 0 amide bonds. The summed E-state index contributed by atoms with van der Waals surface area (Å²) in [6.45, 7) is 2.24. The smallest absolute Gasteiger partial charge is 0.275 e. The maximum Gasteiger partial charge on any atom is 0.275 e. The largest absolute Gasteiger partial charge is 0.326 e. The Balaban J connectivity index is 0.00000162. The molecule has 0 unspecified atom stereocenters. The number of nitrogens with two attached hydrogens (primary N) is 1. The van der Waals surface area contributed by atoms with E-state index in [2.05, 4.69) is 4.90 Å². The average Bonchev–Trinajstić information content (AvgIpc) is 2.66. The molecule has 0 aliphatic carbocycles. The minimum atomic E-state index is -0.392. The summed E-state index contributed by atoms with van der Waals surface area (Å²) in [6, 6.07) is 4.97. The van der Waals surface area contributed by atoms with Gasteiger partial charge in [0.25, 0.3) is 5.69 Å². The van der Waals surface area contributed by atoms with Gasteiger partial charge in [-0.25, -0.2) is 0 Å². The van der Waals surface area contributed by atoms with Crippen LogP contribution >= 0.6 is 24.0 Å². The lowest BCUT2D eigenvalue weighted by molar-refractivity contribution is -0.385. The average molecular weight is 292 g/mol. The van der Waals surface area contributed by atoms with Crippen LogP contribution < -0.4 is 5.73 Å². The highest BCUT2D eigenvalue weighted by Gasteiger charge is 2.22.